The third kappa shape index (κ3) is 4.83. The molecule has 0 saturated carbocycles. The van der Waals surface area contributed by atoms with Crippen LogP contribution in [0.15, 0.2) is 41.0 Å². The first-order valence-electron chi connectivity index (χ1n) is 7.77. The molecule has 7 heteroatoms. The molecule has 1 amide bonds. The van der Waals surface area contributed by atoms with Gasteiger partial charge in [0, 0.05) is 19.6 Å². The van der Waals surface area contributed by atoms with E-state index in [0.29, 0.717) is 12.3 Å². The molecular weight excluding hydrogens is 346 g/mol. The van der Waals surface area contributed by atoms with Gasteiger partial charge in [0.05, 0.1) is 11.9 Å². The Kier molecular flexibility index (Phi) is 6.86. The van der Waals surface area contributed by atoms with Crippen molar-refractivity contribution in [1.82, 2.24) is 10.3 Å². The number of aryl methyl sites for hydroxylation is 1. The highest BCUT2D eigenvalue weighted by Gasteiger charge is 2.21. The van der Waals surface area contributed by atoms with Crippen molar-refractivity contribution in [1.29, 1.82) is 0 Å². The second-order valence-electron chi connectivity index (χ2n) is 5.91. The number of aliphatic hydroxyl groups excluding tert-OH is 1. The maximum absolute atomic E-state index is 11.1. The summed E-state index contributed by atoms with van der Waals surface area (Å²) in [4.78, 5) is 13.4. The van der Waals surface area contributed by atoms with Crippen molar-refractivity contribution in [2.75, 3.05) is 25.4 Å². The number of thioether (sulfide) groups is 1. The summed E-state index contributed by atoms with van der Waals surface area (Å²) < 4.78 is 0. The Morgan fingerprint density at radius 3 is 2.92 bits per heavy atom. The Morgan fingerprint density at radius 2 is 2.29 bits per heavy atom. The van der Waals surface area contributed by atoms with Gasteiger partial charge in [-0.05, 0) is 24.5 Å². The standard InChI is InChI=1S/C17H21N3O2S.ClH/c1-12-3-2-4-14(9-12)15(21)10-20-7-5-13(6-8-20)17-19-18-16(22)11-23-17;/h2-5,9,15,21H,6-8,10-11H2,1H3,(H,18,22);1H. The molecule has 2 aliphatic rings. The van der Waals surface area contributed by atoms with E-state index >= 15 is 0 Å². The van der Waals surface area contributed by atoms with E-state index in [2.05, 4.69) is 21.5 Å². The number of carbonyl (C=O) groups is 1. The SMILES string of the molecule is Cc1cccc(C(O)CN2CC=C(C3=NNC(=O)CS3)CC2)c1.Cl. The highest BCUT2D eigenvalue weighted by atomic mass is 35.5. The Morgan fingerprint density at radius 1 is 1.46 bits per heavy atom. The molecule has 0 bridgehead atoms. The second kappa shape index (κ2) is 8.67. The van der Waals surface area contributed by atoms with Gasteiger partial charge in [0.25, 0.3) is 5.91 Å². The van der Waals surface area contributed by atoms with Gasteiger partial charge >= 0.3 is 0 Å². The van der Waals surface area contributed by atoms with E-state index in [1.54, 1.807) is 0 Å². The molecule has 0 radical (unpaired) electrons. The Hall–Kier alpha value is -1.34. The van der Waals surface area contributed by atoms with Crippen LogP contribution in [-0.2, 0) is 4.79 Å². The fourth-order valence-corrected chi connectivity index (χ4v) is 3.59. The van der Waals surface area contributed by atoms with Crippen LogP contribution in [0, 0.1) is 6.92 Å². The van der Waals surface area contributed by atoms with Crippen LogP contribution >= 0.6 is 24.2 Å². The third-order valence-corrected chi connectivity index (χ3v) is 5.08. The number of β-amino-alcohol motifs (C(OH)–C–C–N with tert-alkyl or cyclic N) is 1. The predicted octanol–water partition coefficient (Wildman–Crippen LogP) is 2.26. The van der Waals surface area contributed by atoms with Gasteiger partial charge in [-0.25, -0.2) is 5.43 Å². The van der Waals surface area contributed by atoms with E-state index in [-0.39, 0.29) is 18.3 Å². The molecule has 1 unspecified atom stereocenters. The minimum absolute atomic E-state index is 0. The molecule has 0 saturated heterocycles. The normalized spacial score (nSPS) is 19.7. The molecule has 0 aromatic heterocycles. The molecule has 0 fully saturated rings. The number of carbonyl (C=O) groups excluding carboxylic acids is 1. The summed E-state index contributed by atoms with van der Waals surface area (Å²) in [5.74, 6) is 0.393. The largest absolute Gasteiger partial charge is 0.387 e. The van der Waals surface area contributed by atoms with E-state index < -0.39 is 6.10 Å². The predicted molar refractivity (Wildman–Crippen MR) is 101 cm³/mol. The smallest absolute Gasteiger partial charge is 0.250 e. The summed E-state index contributed by atoms with van der Waals surface area (Å²) in [7, 11) is 0. The summed E-state index contributed by atoms with van der Waals surface area (Å²) >= 11 is 1.49. The monoisotopic (exact) mass is 367 g/mol. The van der Waals surface area contributed by atoms with Crippen LogP contribution in [0.2, 0.25) is 0 Å². The molecule has 0 aliphatic carbocycles. The zero-order valence-electron chi connectivity index (χ0n) is 13.6. The molecule has 1 aromatic rings. The topological polar surface area (TPSA) is 64.9 Å². The summed E-state index contributed by atoms with van der Waals surface area (Å²) in [5.41, 5.74) is 5.86. The lowest BCUT2D eigenvalue weighted by molar-refractivity contribution is -0.118. The Bertz CT molecular complexity index is 663. The highest BCUT2D eigenvalue weighted by molar-refractivity contribution is 8.15. The van der Waals surface area contributed by atoms with E-state index in [1.807, 2.05) is 31.2 Å². The number of nitrogens with zero attached hydrogens (tertiary/aromatic N) is 2. The molecular formula is C17H22ClN3O2S. The molecule has 2 aliphatic heterocycles. The third-order valence-electron chi connectivity index (χ3n) is 4.05. The minimum atomic E-state index is -0.467. The van der Waals surface area contributed by atoms with Crippen LogP contribution in [0.3, 0.4) is 0 Å². The zero-order valence-corrected chi connectivity index (χ0v) is 15.2. The van der Waals surface area contributed by atoms with Crippen molar-refractivity contribution in [3.8, 4) is 0 Å². The fourth-order valence-electron chi connectivity index (χ4n) is 2.77. The van der Waals surface area contributed by atoms with Crippen LogP contribution in [0.4, 0.5) is 0 Å². The van der Waals surface area contributed by atoms with Crippen LogP contribution in [0.1, 0.15) is 23.7 Å². The van der Waals surface area contributed by atoms with Crippen LogP contribution in [-0.4, -0.2) is 46.3 Å². The average Bonchev–Trinajstić information content (AvgIpc) is 2.56. The summed E-state index contributed by atoms with van der Waals surface area (Å²) in [6, 6.07) is 8.02. The quantitative estimate of drug-likeness (QED) is 0.856. The van der Waals surface area contributed by atoms with Crippen molar-refractivity contribution in [3.05, 3.63) is 47.0 Å². The van der Waals surface area contributed by atoms with Crippen LogP contribution in [0.5, 0.6) is 0 Å². The van der Waals surface area contributed by atoms with Crippen molar-refractivity contribution < 1.29 is 9.90 Å². The molecule has 0 spiro atoms. The zero-order chi connectivity index (χ0) is 16.2. The molecule has 5 nitrogen and oxygen atoms in total. The van der Waals surface area contributed by atoms with E-state index in [0.717, 1.165) is 35.7 Å². The van der Waals surface area contributed by atoms with Crippen molar-refractivity contribution in [3.63, 3.8) is 0 Å². The fraction of sp³-hybridized carbons (Fsp3) is 0.412. The maximum atomic E-state index is 11.1. The number of hydrazone groups is 1. The lowest BCUT2D eigenvalue weighted by Gasteiger charge is -2.29. The molecule has 2 heterocycles. The maximum Gasteiger partial charge on any atom is 0.250 e. The minimum Gasteiger partial charge on any atom is -0.387 e. The number of hydrogen-bond acceptors (Lipinski definition) is 5. The Labute approximate surface area is 152 Å². The van der Waals surface area contributed by atoms with Gasteiger partial charge in [0.1, 0.15) is 5.04 Å². The van der Waals surface area contributed by atoms with Crippen molar-refractivity contribution in [2.45, 2.75) is 19.4 Å². The van der Waals surface area contributed by atoms with E-state index in [4.69, 9.17) is 0 Å². The lowest BCUT2D eigenvalue weighted by atomic mass is 10.0. The van der Waals surface area contributed by atoms with E-state index in [9.17, 15) is 9.90 Å². The molecule has 3 rings (SSSR count). The highest BCUT2D eigenvalue weighted by Crippen LogP contribution is 2.23. The molecule has 24 heavy (non-hydrogen) atoms. The number of nitrogens with one attached hydrogen (secondary N) is 1. The first-order valence-corrected chi connectivity index (χ1v) is 8.76. The Balaban J connectivity index is 0.00000208. The number of aliphatic hydroxyl groups is 1. The number of amides is 1. The average molecular weight is 368 g/mol. The van der Waals surface area contributed by atoms with E-state index in [1.165, 1.54) is 17.3 Å². The molecule has 130 valence electrons. The molecule has 1 atom stereocenters. The second-order valence-corrected chi connectivity index (χ2v) is 6.87. The first kappa shape index (κ1) is 19.0. The summed E-state index contributed by atoms with van der Waals surface area (Å²) in [6.07, 6.45) is 2.57. The first-order chi connectivity index (χ1) is 11.1. The lowest BCUT2D eigenvalue weighted by Crippen LogP contribution is -2.34. The van der Waals surface area contributed by atoms with Crippen molar-refractivity contribution >= 4 is 35.1 Å². The van der Waals surface area contributed by atoms with Gasteiger partial charge < -0.3 is 5.11 Å². The number of hydrogen-bond donors (Lipinski definition) is 2. The van der Waals surface area contributed by atoms with Crippen LogP contribution in [0.25, 0.3) is 0 Å². The number of benzene rings is 1. The summed E-state index contributed by atoms with van der Waals surface area (Å²) in [5, 5.41) is 15.4. The molecule has 1 aromatic carbocycles. The van der Waals surface area contributed by atoms with Crippen LogP contribution < -0.4 is 5.43 Å². The summed E-state index contributed by atoms with van der Waals surface area (Å²) in [6.45, 7) is 4.35. The number of halogens is 1. The van der Waals surface area contributed by atoms with Gasteiger partial charge in [0.2, 0.25) is 0 Å². The van der Waals surface area contributed by atoms with Gasteiger partial charge in [-0.2, -0.15) is 5.10 Å². The van der Waals surface area contributed by atoms with Crippen molar-refractivity contribution in [2.24, 2.45) is 5.10 Å². The van der Waals surface area contributed by atoms with Gasteiger partial charge in [-0.15, -0.1) is 12.4 Å². The van der Waals surface area contributed by atoms with Gasteiger partial charge in [0.15, 0.2) is 0 Å². The number of rotatable bonds is 4. The van der Waals surface area contributed by atoms with Gasteiger partial charge in [-0.1, -0.05) is 47.7 Å². The van der Waals surface area contributed by atoms with Gasteiger partial charge in [-0.3, -0.25) is 9.69 Å². The molecule has 2 N–H and O–H groups in total.